The van der Waals surface area contributed by atoms with Gasteiger partial charge in [-0.1, -0.05) is 81.8 Å². The van der Waals surface area contributed by atoms with Crippen LogP contribution in [0.25, 0.3) is 0 Å². The summed E-state index contributed by atoms with van der Waals surface area (Å²) in [5.74, 6) is 1.26. The van der Waals surface area contributed by atoms with E-state index < -0.39 is 5.41 Å². The van der Waals surface area contributed by atoms with Crippen molar-refractivity contribution in [2.24, 2.45) is 5.41 Å². The van der Waals surface area contributed by atoms with Gasteiger partial charge in [-0.15, -0.1) is 0 Å². The Hall–Kier alpha value is -3.07. The van der Waals surface area contributed by atoms with E-state index in [4.69, 9.17) is 9.47 Å². The van der Waals surface area contributed by atoms with Crippen LogP contribution >= 0.6 is 0 Å². The summed E-state index contributed by atoms with van der Waals surface area (Å²) in [4.78, 5) is 12.5. The molecule has 3 rings (SSSR count). The van der Waals surface area contributed by atoms with Crippen LogP contribution in [-0.2, 0) is 10.2 Å². The third-order valence-electron chi connectivity index (χ3n) is 7.75. The van der Waals surface area contributed by atoms with Gasteiger partial charge in [-0.3, -0.25) is 4.79 Å². The molecule has 3 heteroatoms. The van der Waals surface area contributed by atoms with Gasteiger partial charge >= 0.3 is 5.97 Å². The zero-order valence-electron chi connectivity index (χ0n) is 23.1. The molecule has 2 atom stereocenters. The quantitative estimate of drug-likeness (QED) is 0.154. The van der Waals surface area contributed by atoms with E-state index in [9.17, 15) is 4.79 Å². The molecule has 192 valence electrons. The predicted molar refractivity (Wildman–Crippen MR) is 149 cm³/mol. The molecule has 0 aromatic heterocycles. The molecule has 36 heavy (non-hydrogen) atoms. The van der Waals surface area contributed by atoms with Crippen molar-refractivity contribution in [3.8, 4) is 11.5 Å². The van der Waals surface area contributed by atoms with Crippen LogP contribution in [0.5, 0.6) is 11.5 Å². The number of carbonyl (C=O) groups excluding carboxylic acids is 1. The zero-order chi connectivity index (χ0) is 26.4. The lowest BCUT2D eigenvalue weighted by Gasteiger charge is -2.33. The number of rotatable bonds is 11. The van der Waals surface area contributed by atoms with Crippen molar-refractivity contribution < 1.29 is 14.3 Å². The molecule has 0 aliphatic rings. The molecule has 3 nitrogen and oxygen atoms in total. The molecule has 0 fully saturated rings. The third-order valence-corrected chi connectivity index (χ3v) is 7.75. The topological polar surface area (TPSA) is 35.5 Å². The van der Waals surface area contributed by atoms with Crippen molar-refractivity contribution in [3.63, 3.8) is 0 Å². The molecule has 0 spiro atoms. The first-order valence-corrected chi connectivity index (χ1v) is 13.3. The van der Waals surface area contributed by atoms with Crippen LogP contribution in [0.2, 0.25) is 0 Å². The molecule has 0 saturated carbocycles. The SMILES string of the molecule is CCCC(C)(CC)Oc1ccc(C(C)(c2ccccc2)c2ccc(OC(=O)C(C)(C)CC)cc2)cc1. The van der Waals surface area contributed by atoms with Crippen LogP contribution in [0.1, 0.15) is 90.8 Å². The molecule has 0 aliphatic heterocycles. The normalized spacial score (nSPS) is 15.0. The van der Waals surface area contributed by atoms with E-state index in [-0.39, 0.29) is 17.0 Å². The second-order valence-corrected chi connectivity index (χ2v) is 10.8. The fourth-order valence-electron chi connectivity index (χ4n) is 4.49. The summed E-state index contributed by atoms with van der Waals surface area (Å²) in [6.45, 7) is 14.6. The lowest BCUT2D eigenvalue weighted by Crippen LogP contribution is -2.31. The second-order valence-electron chi connectivity index (χ2n) is 10.8. The van der Waals surface area contributed by atoms with Crippen LogP contribution in [0, 0.1) is 5.41 Å². The van der Waals surface area contributed by atoms with E-state index in [0.717, 1.165) is 37.0 Å². The third kappa shape index (κ3) is 6.00. The molecule has 0 bridgehead atoms. The Morgan fingerprint density at radius 3 is 1.64 bits per heavy atom. The minimum atomic E-state index is -0.508. The molecule has 0 saturated heterocycles. The maximum Gasteiger partial charge on any atom is 0.316 e. The number of carbonyl (C=O) groups is 1. The van der Waals surface area contributed by atoms with Crippen LogP contribution in [0.4, 0.5) is 0 Å². The van der Waals surface area contributed by atoms with Gasteiger partial charge in [0.25, 0.3) is 0 Å². The summed E-state index contributed by atoms with van der Waals surface area (Å²) in [5, 5.41) is 0. The van der Waals surface area contributed by atoms with Gasteiger partial charge in [0.2, 0.25) is 0 Å². The van der Waals surface area contributed by atoms with Crippen LogP contribution < -0.4 is 9.47 Å². The minimum Gasteiger partial charge on any atom is -0.488 e. The smallest absolute Gasteiger partial charge is 0.316 e. The highest BCUT2D eigenvalue weighted by molar-refractivity contribution is 5.78. The zero-order valence-corrected chi connectivity index (χ0v) is 23.1. The van der Waals surface area contributed by atoms with E-state index in [1.807, 2.05) is 39.0 Å². The fraction of sp³-hybridized carbons (Fsp3) is 0.424. The van der Waals surface area contributed by atoms with Crippen molar-refractivity contribution in [3.05, 3.63) is 95.6 Å². The molecule has 2 unspecified atom stereocenters. The lowest BCUT2D eigenvalue weighted by atomic mass is 9.71. The Bertz CT molecular complexity index is 1120. The van der Waals surface area contributed by atoms with Crippen molar-refractivity contribution in [1.29, 1.82) is 0 Å². The van der Waals surface area contributed by atoms with E-state index in [0.29, 0.717) is 5.75 Å². The van der Waals surface area contributed by atoms with Crippen molar-refractivity contribution >= 4 is 5.97 Å². The Balaban J connectivity index is 1.95. The molecule has 0 heterocycles. The summed E-state index contributed by atoms with van der Waals surface area (Å²) < 4.78 is 12.1. The summed E-state index contributed by atoms with van der Waals surface area (Å²) >= 11 is 0. The highest BCUT2D eigenvalue weighted by Crippen LogP contribution is 2.40. The summed E-state index contributed by atoms with van der Waals surface area (Å²) in [6, 6.07) is 27.0. The van der Waals surface area contributed by atoms with Crippen LogP contribution in [0.3, 0.4) is 0 Å². The number of ether oxygens (including phenoxy) is 2. The highest BCUT2D eigenvalue weighted by atomic mass is 16.5. The molecular formula is C33H42O3. The monoisotopic (exact) mass is 486 g/mol. The Kier molecular flexibility index (Phi) is 8.66. The van der Waals surface area contributed by atoms with Crippen LogP contribution in [0.15, 0.2) is 78.9 Å². The van der Waals surface area contributed by atoms with Gasteiger partial charge in [-0.2, -0.15) is 0 Å². The van der Waals surface area contributed by atoms with Gasteiger partial charge in [-0.05, 0) is 87.9 Å². The number of hydrogen-bond acceptors (Lipinski definition) is 3. The summed E-state index contributed by atoms with van der Waals surface area (Å²) in [5.41, 5.74) is 2.44. The van der Waals surface area contributed by atoms with E-state index >= 15 is 0 Å². The molecule has 3 aromatic carbocycles. The average molecular weight is 487 g/mol. The molecule has 3 aromatic rings. The van der Waals surface area contributed by atoms with Gasteiger partial charge < -0.3 is 9.47 Å². The first-order chi connectivity index (χ1) is 17.1. The summed E-state index contributed by atoms with van der Waals surface area (Å²) in [7, 11) is 0. The first kappa shape index (κ1) is 27.5. The van der Waals surface area contributed by atoms with Crippen LogP contribution in [-0.4, -0.2) is 11.6 Å². The molecule has 0 aliphatic carbocycles. The molecule has 0 N–H and O–H groups in total. The van der Waals surface area contributed by atoms with Crippen molar-refractivity contribution in [1.82, 2.24) is 0 Å². The van der Waals surface area contributed by atoms with Crippen molar-refractivity contribution in [2.45, 2.75) is 85.2 Å². The van der Waals surface area contributed by atoms with Gasteiger partial charge in [0.1, 0.15) is 17.1 Å². The Morgan fingerprint density at radius 1 is 0.667 bits per heavy atom. The van der Waals surface area contributed by atoms with Gasteiger partial charge in [-0.25, -0.2) is 0 Å². The number of benzene rings is 3. The molecule has 0 amide bonds. The Morgan fingerprint density at radius 2 is 1.17 bits per heavy atom. The van der Waals surface area contributed by atoms with Gasteiger partial charge in [0.15, 0.2) is 0 Å². The summed E-state index contributed by atoms with van der Waals surface area (Å²) in [6.07, 6.45) is 3.82. The van der Waals surface area contributed by atoms with Gasteiger partial charge in [0, 0.05) is 5.41 Å². The average Bonchev–Trinajstić information content (AvgIpc) is 2.89. The largest absolute Gasteiger partial charge is 0.488 e. The number of esters is 1. The minimum absolute atomic E-state index is 0.154. The predicted octanol–water partition coefficient (Wildman–Crippen LogP) is 8.73. The Labute approximate surface area is 217 Å². The maximum atomic E-state index is 12.5. The number of hydrogen-bond donors (Lipinski definition) is 0. The van der Waals surface area contributed by atoms with Crippen molar-refractivity contribution in [2.75, 3.05) is 0 Å². The molecular weight excluding hydrogens is 444 g/mol. The molecule has 0 radical (unpaired) electrons. The standard InChI is InChI=1S/C33H42O3/c1-8-24-32(6,10-3)36-29-22-18-27(19-23-29)33(7,25-14-12-11-13-15-25)26-16-20-28(21-17-26)35-30(34)31(4,5)9-2/h11-23H,8-10,24H2,1-7H3. The van der Waals surface area contributed by atoms with Gasteiger partial charge in [0.05, 0.1) is 5.41 Å². The first-order valence-electron chi connectivity index (χ1n) is 13.3. The highest BCUT2D eigenvalue weighted by Gasteiger charge is 2.32. The van der Waals surface area contributed by atoms with E-state index in [1.54, 1.807) is 0 Å². The second kappa shape index (κ2) is 11.3. The lowest BCUT2D eigenvalue weighted by molar-refractivity contribution is -0.144. The fourth-order valence-corrected chi connectivity index (χ4v) is 4.49. The maximum absolute atomic E-state index is 12.5. The van der Waals surface area contributed by atoms with E-state index in [1.165, 1.54) is 11.1 Å². The van der Waals surface area contributed by atoms with E-state index in [2.05, 4.69) is 88.4 Å².